The first kappa shape index (κ1) is 23.4. The van der Waals surface area contributed by atoms with E-state index in [0.29, 0.717) is 22.2 Å². The summed E-state index contributed by atoms with van der Waals surface area (Å²) in [5.74, 6) is -0.0206. The molecule has 1 atom stereocenters. The van der Waals surface area contributed by atoms with Gasteiger partial charge in [0.1, 0.15) is 0 Å². The minimum Gasteiger partial charge on any atom is -0.366 e. The van der Waals surface area contributed by atoms with Gasteiger partial charge in [0.2, 0.25) is 11.8 Å². The van der Waals surface area contributed by atoms with Crippen molar-refractivity contribution >= 4 is 40.2 Å². The number of aromatic amines is 1. The molecule has 0 spiro atoms. The molecule has 180 valence electrons. The number of hydrogen-bond donors (Lipinski definition) is 3. The maximum atomic E-state index is 13.0. The molecule has 0 fully saturated rings. The second-order valence-corrected chi connectivity index (χ2v) is 9.73. The van der Waals surface area contributed by atoms with Crippen LogP contribution in [0.25, 0.3) is 28.0 Å². The number of amides is 2. The summed E-state index contributed by atoms with van der Waals surface area (Å²) in [6.07, 6.45) is 1.93. The van der Waals surface area contributed by atoms with Gasteiger partial charge in [-0.15, -0.1) is 10.2 Å². The molecule has 0 bridgehead atoms. The van der Waals surface area contributed by atoms with Gasteiger partial charge in [0, 0.05) is 39.6 Å². The third kappa shape index (κ3) is 4.60. The number of hydrogen-bond acceptors (Lipinski definition) is 5. The maximum Gasteiger partial charge on any atom is 0.248 e. The Labute approximate surface area is 211 Å². The SMILES string of the molecule is Cc1cccc(-n2c(SC(C)C(=O)Nc3ccc(C(N)=O)cc3)nnc2-c2c[nH]c3ccccc23)c1. The number of benzene rings is 3. The van der Waals surface area contributed by atoms with E-state index in [9.17, 15) is 9.59 Å². The summed E-state index contributed by atoms with van der Waals surface area (Å²) in [5, 5.41) is 13.1. The van der Waals surface area contributed by atoms with Gasteiger partial charge in [0.15, 0.2) is 11.0 Å². The van der Waals surface area contributed by atoms with Crippen molar-refractivity contribution in [2.24, 2.45) is 5.73 Å². The largest absolute Gasteiger partial charge is 0.366 e. The molecule has 2 amide bonds. The smallest absolute Gasteiger partial charge is 0.248 e. The lowest BCUT2D eigenvalue weighted by atomic mass is 10.1. The summed E-state index contributed by atoms with van der Waals surface area (Å²) in [6.45, 7) is 3.85. The van der Waals surface area contributed by atoms with Crippen molar-refractivity contribution in [3.05, 3.63) is 90.1 Å². The monoisotopic (exact) mass is 496 g/mol. The first-order valence-corrected chi connectivity index (χ1v) is 12.2. The third-order valence-corrected chi connectivity index (χ3v) is 6.85. The zero-order valence-electron chi connectivity index (χ0n) is 19.7. The lowest BCUT2D eigenvalue weighted by Crippen LogP contribution is -2.23. The van der Waals surface area contributed by atoms with Crippen LogP contribution in [0.5, 0.6) is 0 Å². The van der Waals surface area contributed by atoms with Crippen LogP contribution in [-0.2, 0) is 4.79 Å². The van der Waals surface area contributed by atoms with Gasteiger partial charge in [0.25, 0.3) is 0 Å². The van der Waals surface area contributed by atoms with E-state index in [1.807, 2.05) is 67.1 Å². The van der Waals surface area contributed by atoms with Crippen molar-refractivity contribution < 1.29 is 9.59 Å². The van der Waals surface area contributed by atoms with Crippen LogP contribution >= 0.6 is 11.8 Å². The van der Waals surface area contributed by atoms with E-state index in [4.69, 9.17) is 5.73 Å². The lowest BCUT2D eigenvalue weighted by molar-refractivity contribution is -0.115. The van der Waals surface area contributed by atoms with Gasteiger partial charge in [-0.2, -0.15) is 0 Å². The quantitative estimate of drug-likeness (QED) is 0.276. The van der Waals surface area contributed by atoms with Crippen molar-refractivity contribution in [2.45, 2.75) is 24.3 Å². The van der Waals surface area contributed by atoms with E-state index in [0.717, 1.165) is 27.7 Å². The van der Waals surface area contributed by atoms with Gasteiger partial charge in [0.05, 0.1) is 5.25 Å². The molecule has 36 heavy (non-hydrogen) atoms. The predicted octanol–water partition coefficient (Wildman–Crippen LogP) is 4.94. The molecule has 2 aromatic heterocycles. The fraction of sp³-hybridized carbons (Fsp3) is 0.111. The Hall–Kier alpha value is -4.37. The molecule has 0 aliphatic heterocycles. The Morgan fingerprint density at radius 1 is 1.03 bits per heavy atom. The summed E-state index contributed by atoms with van der Waals surface area (Å²) < 4.78 is 1.98. The van der Waals surface area contributed by atoms with Crippen molar-refractivity contribution in [2.75, 3.05) is 5.32 Å². The third-order valence-electron chi connectivity index (χ3n) is 5.81. The molecule has 0 aliphatic rings. The number of H-pyrrole nitrogens is 1. The molecule has 0 saturated heterocycles. The molecule has 5 aromatic rings. The van der Waals surface area contributed by atoms with Crippen LogP contribution in [0, 0.1) is 6.92 Å². The topological polar surface area (TPSA) is 119 Å². The summed E-state index contributed by atoms with van der Waals surface area (Å²) in [7, 11) is 0. The van der Waals surface area contributed by atoms with E-state index in [-0.39, 0.29) is 5.91 Å². The summed E-state index contributed by atoms with van der Waals surface area (Å²) in [6, 6.07) is 22.6. The number of aromatic nitrogens is 4. The van der Waals surface area contributed by atoms with Gasteiger partial charge >= 0.3 is 0 Å². The van der Waals surface area contributed by atoms with Crippen LogP contribution in [0.15, 0.2) is 84.1 Å². The molecule has 0 aliphatic carbocycles. The Bertz CT molecular complexity index is 1570. The fourth-order valence-electron chi connectivity index (χ4n) is 3.95. The van der Waals surface area contributed by atoms with Crippen molar-refractivity contribution in [1.29, 1.82) is 0 Å². The van der Waals surface area contributed by atoms with Gasteiger partial charge in [-0.05, 0) is 61.9 Å². The van der Waals surface area contributed by atoms with E-state index in [1.54, 1.807) is 24.3 Å². The first-order valence-electron chi connectivity index (χ1n) is 11.4. The van der Waals surface area contributed by atoms with E-state index < -0.39 is 11.2 Å². The highest BCUT2D eigenvalue weighted by Gasteiger charge is 2.23. The van der Waals surface area contributed by atoms with Crippen LogP contribution in [0.2, 0.25) is 0 Å². The van der Waals surface area contributed by atoms with Crippen LogP contribution in [0.4, 0.5) is 5.69 Å². The number of carbonyl (C=O) groups excluding carboxylic acids is 2. The Morgan fingerprint density at radius 3 is 2.56 bits per heavy atom. The summed E-state index contributed by atoms with van der Waals surface area (Å²) in [4.78, 5) is 27.6. The molecule has 9 heteroatoms. The number of thioether (sulfide) groups is 1. The first-order chi connectivity index (χ1) is 17.4. The number of fused-ring (bicyclic) bond motifs is 1. The van der Waals surface area contributed by atoms with E-state index in [2.05, 4.69) is 26.6 Å². The van der Waals surface area contributed by atoms with Crippen LogP contribution < -0.4 is 11.1 Å². The normalized spacial score (nSPS) is 11.9. The molecule has 5 rings (SSSR count). The second-order valence-electron chi connectivity index (χ2n) is 8.42. The number of anilines is 1. The number of primary amides is 1. The number of para-hydroxylation sites is 1. The molecule has 8 nitrogen and oxygen atoms in total. The predicted molar refractivity (Wildman–Crippen MR) is 142 cm³/mol. The van der Waals surface area contributed by atoms with E-state index in [1.165, 1.54) is 11.8 Å². The molecule has 4 N–H and O–H groups in total. The lowest BCUT2D eigenvalue weighted by Gasteiger charge is -2.14. The van der Waals surface area contributed by atoms with Crippen LogP contribution in [0.1, 0.15) is 22.8 Å². The standard InChI is InChI=1S/C27H24N6O2S/c1-16-6-5-7-20(14-16)33-25(22-15-29-23-9-4-3-8-21(22)23)31-32-27(33)36-17(2)26(35)30-19-12-10-18(11-13-19)24(28)34/h3-15,17,29H,1-2H3,(H2,28,34)(H,30,35). The molecule has 1 unspecified atom stereocenters. The highest BCUT2D eigenvalue weighted by atomic mass is 32.2. The molecular weight excluding hydrogens is 472 g/mol. The van der Waals surface area contributed by atoms with Crippen molar-refractivity contribution in [1.82, 2.24) is 19.7 Å². The van der Waals surface area contributed by atoms with Gasteiger partial charge < -0.3 is 16.0 Å². The highest BCUT2D eigenvalue weighted by molar-refractivity contribution is 8.00. The second kappa shape index (κ2) is 9.71. The minimum atomic E-state index is -0.515. The number of nitrogens with zero attached hydrogens (tertiary/aromatic N) is 3. The zero-order chi connectivity index (χ0) is 25.2. The number of aryl methyl sites for hydroxylation is 1. The average Bonchev–Trinajstić information content (AvgIpc) is 3.48. The average molecular weight is 497 g/mol. The molecule has 3 aromatic carbocycles. The van der Waals surface area contributed by atoms with Crippen LogP contribution in [-0.4, -0.2) is 36.8 Å². The van der Waals surface area contributed by atoms with Gasteiger partial charge in [-0.1, -0.05) is 42.1 Å². The number of nitrogens with two attached hydrogens (primary N) is 1. The minimum absolute atomic E-state index is 0.195. The zero-order valence-corrected chi connectivity index (χ0v) is 20.5. The molecule has 0 saturated carbocycles. The summed E-state index contributed by atoms with van der Waals surface area (Å²) >= 11 is 1.32. The Balaban J connectivity index is 1.47. The fourth-order valence-corrected chi connectivity index (χ4v) is 4.82. The number of carbonyl (C=O) groups is 2. The Morgan fingerprint density at radius 2 is 1.81 bits per heavy atom. The highest BCUT2D eigenvalue weighted by Crippen LogP contribution is 2.34. The van der Waals surface area contributed by atoms with Gasteiger partial charge in [-0.3, -0.25) is 14.2 Å². The van der Waals surface area contributed by atoms with Crippen LogP contribution in [0.3, 0.4) is 0 Å². The number of nitrogens with one attached hydrogen (secondary N) is 2. The van der Waals surface area contributed by atoms with Crippen molar-refractivity contribution in [3.63, 3.8) is 0 Å². The molecule has 2 heterocycles. The molecular formula is C27H24N6O2S. The van der Waals surface area contributed by atoms with E-state index >= 15 is 0 Å². The Kier molecular flexibility index (Phi) is 6.30. The molecule has 0 radical (unpaired) electrons. The number of rotatable bonds is 7. The maximum absolute atomic E-state index is 13.0. The van der Waals surface area contributed by atoms with Crippen molar-refractivity contribution in [3.8, 4) is 17.1 Å². The van der Waals surface area contributed by atoms with Gasteiger partial charge in [-0.25, -0.2) is 0 Å². The summed E-state index contributed by atoms with van der Waals surface area (Å²) in [5.41, 5.74) is 10.2.